The van der Waals surface area contributed by atoms with Gasteiger partial charge in [0.05, 0.1) is 16.6 Å². The highest BCUT2D eigenvalue weighted by atomic mass is 79.9. The lowest BCUT2D eigenvalue weighted by Gasteiger charge is -2.15. The Morgan fingerprint density at radius 1 is 1.03 bits per heavy atom. The monoisotopic (exact) mass is 513 g/mol. The Morgan fingerprint density at radius 2 is 1.76 bits per heavy atom. The topological polar surface area (TPSA) is 57.1 Å². The van der Waals surface area contributed by atoms with E-state index in [0.29, 0.717) is 33.7 Å². The molecule has 33 heavy (non-hydrogen) atoms. The van der Waals surface area contributed by atoms with Gasteiger partial charge in [0.25, 0.3) is 0 Å². The average molecular weight is 514 g/mol. The first-order valence-electron chi connectivity index (χ1n) is 10.1. The molecule has 0 saturated heterocycles. The Morgan fingerprint density at radius 3 is 2.48 bits per heavy atom. The zero-order valence-electron chi connectivity index (χ0n) is 17.5. The van der Waals surface area contributed by atoms with Crippen molar-refractivity contribution in [1.29, 1.82) is 0 Å². The van der Waals surface area contributed by atoms with Gasteiger partial charge < -0.3 is 14.2 Å². The molecule has 0 fully saturated rings. The molecule has 0 aliphatic carbocycles. The molecule has 4 rings (SSSR count). The number of nitrogens with zero attached hydrogens (tertiary/aromatic N) is 1. The molecule has 3 aromatic carbocycles. The number of carbonyl (C=O) groups excluding carboxylic acids is 1. The van der Waals surface area contributed by atoms with E-state index in [-0.39, 0.29) is 29.6 Å². The molecule has 5 nitrogen and oxygen atoms in total. The number of hydrogen-bond acceptors (Lipinski definition) is 5. The highest BCUT2D eigenvalue weighted by molar-refractivity contribution is 9.10. The maximum atomic E-state index is 14.0. The zero-order valence-corrected chi connectivity index (χ0v) is 19.1. The Kier molecular flexibility index (Phi) is 6.84. The molecule has 0 saturated carbocycles. The normalized spacial score (nSPS) is 14.2. The molecule has 0 unspecified atom stereocenters. The van der Waals surface area contributed by atoms with Gasteiger partial charge in [-0.15, -0.1) is 0 Å². The van der Waals surface area contributed by atoms with Crippen LogP contribution in [0.2, 0.25) is 0 Å². The van der Waals surface area contributed by atoms with E-state index in [2.05, 4.69) is 20.9 Å². The third-order valence-corrected chi connectivity index (χ3v) is 5.28. The highest BCUT2D eigenvalue weighted by Gasteiger charge is 2.26. The van der Waals surface area contributed by atoms with Crippen molar-refractivity contribution in [3.8, 4) is 11.5 Å². The van der Waals surface area contributed by atoms with Gasteiger partial charge in [-0.25, -0.2) is 18.6 Å². The first-order chi connectivity index (χ1) is 16.0. The number of halogens is 3. The third kappa shape index (κ3) is 5.12. The van der Waals surface area contributed by atoms with Crippen molar-refractivity contribution in [1.82, 2.24) is 0 Å². The number of hydrogen-bond donors (Lipinski definition) is 0. The zero-order chi connectivity index (χ0) is 23.4. The van der Waals surface area contributed by atoms with Crippen molar-refractivity contribution in [3.05, 3.63) is 99.2 Å². The number of esters is 1. The number of carbonyl (C=O) groups is 1. The average Bonchev–Trinajstić information content (AvgIpc) is 3.14. The van der Waals surface area contributed by atoms with E-state index in [0.717, 1.165) is 0 Å². The van der Waals surface area contributed by atoms with Crippen molar-refractivity contribution in [3.63, 3.8) is 0 Å². The molecule has 0 bridgehead atoms. The minimum Gasteiger partial charge on any atom is -0.490 e. The largest absolute Gasteiger partial charge is 0.490 e. The summed E-state index contributed by atoms with van der Waals surface area (Å²) in [5.74, 6) is -0.897. The van der Waals surface area contributed by atoms with Gasteiger partial charge >= 0.3 is 5.97 Å². The predicted molar refractivity (Wildman–Crippen MR) is 123 cm³/mol. The fourth-order valence-corrected chi connectivity index (χ4v) is 3.73. The van der Waals surface area contributed by atoms with Crippen molar-refractivity contribution in [2.45, 2.75) is 13.5 Å². The molecule has 0 aromatic heterocycles. The maximum Gasteiger partial charge on any atom is 0.363 e. The summed E-state index contributed by atoms with van der Waals surface area (Å²) in [4.78, 5) is 16.4. The minimum absolute atomic E-state index is 0.00834. The summed E-state index contributed by atoms with van der Waals surface area (Å²) < 4.78 is 45.2. The Labute approximate surface area is 197 Å². The standard InChI is InChI=1S/C25H18BrF2NO4/c1-2-31-22-13-15(11-18(26)23(22)32-14-16-7-3-5-9-19(16)27)12-21-25(30)33-24(29-21)17-8-4-6-10-20(17)28/h3-13H,2,14H2,1H3/b21-12-. The molecule has 1 aliphatic rings. The smallest absolute Gasteiger partial charge is 0.363 e. The van der Waals surface area contributed by atoms with E-state index in [1.54, 1.807) is 36.4 Å². The first kappa shape index (κ1) is 22.7. The molecule has 168 valence electrons. The summed E-state index contributed by atoms with van der Waals surface area (Å²) in [6.45, 7) is 2.19. The molecule has 1 heterocycles. The lowest BCUT2D eigenvalue weighted by atomic mass is 10.1. The van der Waals surface area contributed by atoms with E-state index < -0.39 is 11.8 Å². The number of ether oxygens (including phenoxy) is 3. The van der Waals surface area contributed by atoms with Crippen LogP contribution in [-0.4, -0.2) is 18.5 Å². The van der Waals surface area contributed by atoms with Gasteiger partial charge in [-0.1, -0.05) is 30.3 Å². The summed E-state index contributed by atoms with van der Waals surface area (Å²) in [5, 5.41) is 0. The lowest BCUT2D eigenvalue weighted by Crippen LogP contribution is -2.07. The molecule has 8 heteroatoms. The summed E-state index contributed by atoms with van der Waals surface area (Å²) in [6.07, 6.45) is 1.50. The molecular weight excluding hydrogens is 496 g/mol. The summed E-state index contributed by atoms with van der Waals surface area (Å²) in [7, 11) is 0. The number of aliphatic imine (C=N–C) groups is 1. The van der Waals surface area contributed by atoms with Crippen molar-refractivity contribution >= 4 is 33.9 Å². The van der Waals surface area contributed by atoms with Crippen LogP contribution in [0.3, 0.4) is 0 Å². The van der Waals surface area contributed by atoms with Crippen LogP contribution in [0.5, 0.6) is 11.5 Å². The third-order valence-electron chi connectivity index (χ3n) is 4.69. The fraction of sp³-hybridized carbons (Fsp3) is 0.120. The Bertz CT molecular complexity index is 1270. The van der Waals surface area contributed by atoms with Crippen LogP contribution in [-0.2, 0) is 16.1 Å². The molecule has 3 aromatic rings. The number of cyclic esters (lactones) is 1. The van der Waals surface area contributed by atoms with Crippen LogP contribution in [0.25, 0.3) is 6.08 Å². The highest BCUT2D eigenvalue weighted by Crippen LogP contribution is 2.38. The van der Waals surface area contributed by atoms with Crippen LogP contribution in [0.4, 0.5) is 8.78 Å². The molecule has 0 atom stereocenters. The molecule has 0 N–H and O–H groups in total. The van der Waals surface area contributed by atoms with Gasteiger partial charge in [0, 0.05) is 5.56 Å². The summed E-state index contributed by atoms with van der Waals surface area (Å²) in [6, 6.07) is 15.6. The molecule has 1 aliphatic heterocycles. The van der Waals surface area contributed by atoms with Crippen LogP contribution < -0.4 is 9.47 Å². The Balaban J connectivity index is 1.63. The van der Waals surface area contributed by atoms with Gasteiger partial charge in [0.2, 0.25) is 5.90 Å². The van der Waals surface area contributed by atoms with Crippen LogP contribution >= 0.6 is 15.9 Å². The van der Waals surface area contributed by atoms with Gasteiger partial charge in [-0.05, 0) is 64.8 Å². The van der Waals surface area contributed by atoms with Crippen molar-refractivity contribution in [2.24, 2.45) is 4.99 Å². The van der Waals surface area contributed by atoms with Crippen LogP contribution in [0, 0.1) is 11.6 Å². The maximum absolute atomic E-state index is 14.0. The number of rotatable bonds is 7. The molecule has 0 spiro atoms. The van der Waals surface area contributed by atoms with Gasteiger partial charge in [0.15, 0.2) is 17.2 Å². The fourth-order valence-electron chi connectivity index (χ4n) is 3.16. The van der Waals surface area contributed by atoms with Gasteiger partial charge in [-0.3, -0.25) is 0 Å². The van der Waals surface area contributed by atoms with Crippen molar-refractivity contribution in [2.75, 3.05) is 6.61 Å². The van der Waals surface area contributed by atoms with E-state index in [1.807, 2.05) is 6.92 Å². The molecule has 0 amide bonds. The van der Waals surface area contributed by atoms with Crippen molar-refractivity contribution < 1.29 is 27.8 Å². The lowest BCUT2D eigenvalue weighted by molar-refractivity contribution is -0.129. The van der Waals surface area contributed by atoms with E-state index >= 15 is 0 Å². The second kappa shape index (κ2) is 9.95. The van der Waals surface area contributed by atoms with Gasteiger partial charge in [-0.2, -0.15) is 0 Å². The molecular formula is C25H18BrF2NO4. The van der Waals surface area contributed by atoms with E-state index in [4.69, 9.17) is 14.2 Å². The predicted octanol–water partition coefficient (Wildman–Crippen LogP) is 6.05. The Hall–Kier alpha value is -3.52. The molecule has 0 radical (unpaired) electrons. The second-order valence-electron chi connectivity index (χ2n) is 6.96. The minimum atomic E-state index is -0.692. The first-order valence-corrected chi connectivity index (χ1v) is 10.9. The summed E-state index contributed by atoms with van der Waals surface area (Å²) in [5.41, 5.74) is 1.10. The van der Waals surface area contributed by atoms with Gasteiger partial charge in [0.1, 0.15) is 18.2 Å². The van der Waals surface area contributed by atoms with Crippen LogP contribution in [0.1, 0.15) is 23.6 Å². The van der Waals surface area contributed by atoms with Crippen LogP contribution in [0.15, 0.2) is 75.8 Å². The SMILES string of the molecule is CCOc1cc(/C=C2\N=C(c3ccccc3F)OC2=O)cc(Br)c1OCc1ccccc1F. The quantitative estimate of drug-likeness (QED) is 0.285. The second-order valence-corrected chi connectivity index (χ2v) is 7.81. The van der Waals surface area contributed by atoms with E-state index in [1.165, 1.54) is 30.3 Å². The summed E-state index contributed by atoms with van der Waals surface area (Å²) >= 11 is 3.45. The van der Waals surface area contributed by atoms with E-state index in [9.17, 15) is 13.6 Å². The number of benzene rings is 3.